The molecule has 0 aliphatic rings. The summed E-state index contributed by atoms with van der Waals surface area (Å²) in [5, 5.41) is 15.6. The molecule has 0 fully saturated rings. The Hall–Kier alpha value is -2.16. The number of carboxylic acid groups (broad SMARTS) is 1. The van der Waals surface area contributed by atoms with Gasteiger partial charge in [-0.05, 0) is 42.8 Å². The van der Waals surface area contributed by atoms with E-state index in [4.69, 9.17) is 4.74 Å². The van der Waals surface area contributed by atoms with Crippen LogP contribution in [-0.4, -0.2) is 37.4 Å². The van der Waals surface area contributed by atoms with Crippen LogP contribution in [0.5, 0.6) is 0 Å². The minimum absolute atomic E-state index is 0.114. The first kappa shape index (κ1) is 15.2. The third-order valence-corrected chi connectivity index (χ3v) is 2.73. The fraction of sp³-hybridized carbons (Fsp3) is 0.333. The van der Waals surface area contributed by atoms with E-state index in [1.807, 2.05) is 0 Å². The fourth-order valence-corrected chi connectivity index (χ4v) is 1.88. The largest absolute Gasteiger partial charge is 0.477 e. The Balaban J connectivity index is 2.42. The molecule has 112 valence electrons. The lowest BCUT2D eigenvalue weighted by molar-refractivity contribution is 0.0635. The van der Waals surface area contributed by atoms with Crippen molar-refractivity contribution in [2.75, 3.05) is 5.32 Å². The molecule has 0 saturated carbocycles. The molecular weight excluding hydrogens is 344 g/mol. The van der Waals surface area contributed by atoms with E-state index < -0.39 is 17.7 Å². The minimum atomic E-state index is -1.25. The zero-order chi connectivity index (χ0) is 15.8. The van der Waals surface area contributed by atoms with Crippen LogP contribution in [0.4, 0.5) is 10.6 Å². The molecule has 0 spiro atoms. The molecule has 0 radical (unpaired) electrons. The van der Waals surface area contributed by atoms with Crippen LogP contribution in [0, 0.1) is 0 Å². The lowest BCUT2D eigenvalue weighted by atomic mass is 10.2. The Morgan fingerprint density at radius 1 is 1.43 bits per heavy atom. The summed E-state index contributed by atoms with van der Waals surface area (Å²) in [6.45, 7) is 5.10. The quantitative estimate of drug-likeness (QED) is 0.800. The second kappa shape index (κ2) is 5.32. The second-order valence-electron chi connectivity index (χ2n) is 5.17. The first-order valence-electron chi connectivity index (χ1n) is 5.95. The summed E-state index contributed by atoms with van der Waals surface area (Å²) in [4.78, 5) is 27.2. The number of nitrogens with zero attached hydrogens (tertiary/aromatic N) is 3. The van der Waals surface area contributed by atoms with Crippen molar-refractivity contribution in [2.24, 2.45) is 0 Å². The average molecular weight is 357 g/mol. The molecule has 0 bridgehead atoms. The lowest BCUT2D eigenvalue weighted by Gasteiger charge is -2.19. The molecule has 1 amide bonds. The number of fused-ring (bicyclic) bond motifs is 1. The van der Waals surface area contributed by atoms with Crippen molar-refractivity contribution in [1.82, 2.24) is 14.6 Å². The van der Waals surface area contributed by atoms with Gasteiger partial charge in [-0.1, -0.05) is 0 Å². The number of anilines is 1. The highest BCUT2D eigenvalue weighted by Crippen LogP contribution is 2.21. The van der Waals surface area contributed by atoms with Gasteiger partial charge in [-0.2, -0.15) is 0 Å². The predicted octanol–water partition coefficient (Wildman–Crippen LogP) is 2.54. The molecular formula is C12H13BrN4O4. The molecule has 2 rings (SSSR count). The van der Waals surface area contributed by atoms with Crippen LogP contribution < -0.4 is 5.32 Å². The molecule has 8 nitrogen and oxygen atoms in total. The van der Waals surface area contributed by atoms with E-state index in [1.165, 1.54) is 10.7 Å². The highest BCUT2D eigenvalue weighted by molar-refractivity contribution is 9.10. The zero-order valence-corrected chi connectivity index (χ0v) is 13.1. The van der Waals surface area contributed by atoms with Gasteiger partial charge in [0, 0.05) is 6.20 Å². The average Bonchev–Trinajstić information content (AvgIpc) is 2.63. The number of nitrogens with one attached hydrogen (secondary N) is 1. The highest BCUT2D eigenvalue weighted by Gasteiger charge is 2.24. The molecule has 21 heavy (non-hydrogen) atoms. The number of carboxylic acids is 1. The number of hydrogen-bond donors (Lipinski definition) is 2. The number of ether oxygens (including phenoxy) is 1. The standard InChI is InChI=1S/C12H13BrN4O4/c1-12(2,3)21-11(20)15-8-7(10(18)19)9-14-6(13)4-5-17(9)16-8/h4-5H,1-3H3,(H,18,19)(H,15,16,20). The first-order valence-corrected chi connectivity index (χ1v) is 6.75. The number of aromatic carboxylic acids is 1. The van der Waals surface area contributed by atoms with Gasteiger partial charge in [-0.3, -0.25) is 5.32 Å². The van der Waals surface area contributed by atoms with E-state index in [-0.39, 0.29) is 17.0 Å². The normalized spacial score (nSPS) is 11.4. The number of rotatable bonds is 2. The van der Waals surface area contributed by atoms with Gasteiger partial charge in [-0.15, -0.1) is 5.10 Å². The summed E-state index contributed by atoms with van der Waals surface area (Å²) in [6.07, 6.45) is 0.742. The Kier molecular flexibility index (Phi) is 3.86. The monoisotopic (exact) mass is 356 g/mol. The van der Waals surface area contributed by atoms with Crippen molar-refractivity contribution < 1.29 is 19.4 Å². The molecule has 0 aliphatic carbocycles. The van der Waals surface area contributed by atoms with E-state index in [9.17, 15) is 14.7 Å². The van der Waals surface area contributed by atoms with Crippen LogP contribution in [0.1, 0.15) is 31.1 Å². The first-order chi connectivity index (χ1) is 9.67. The molecule has 0 unspecified atom stereocenters. The Bertz CT molecular complexity index is 720. The highest BCUT2D eigenvalue weighted by atomic mass is 79.9. The van der Waals surface area contributed by atoms with Gasteiger partial charge in [0.1, 0.15) is 15.8 Å². The molecule has 0 aromatic carbocycles. The molecule has 2 aromatic heterocycles. The maximum atomic E-state index is 11.7. The van der Waals surface area contributed by atoms with Gasteiger partial charge in [0.2, 0.25) is 0 Å². The zero-order valence-electron chi connectivity index (χ0n) is 11.5. The van der Waals surface area contributed by atoms with Crippen molar-refractivity contribution in [1.29, 1.82) is 0 Å². The Labute approximate surface area is 128 Å². The summed E-state index contributed by atoms with van der Waals surface area (Å²) >= 11 is 3.16. The summed E-state index contributed by atoms with van der Waals surface area (Å²) < 4.78 is 6.80. The molecule has 0 atom stereocenters. The van der Waals surface area contributed by atoms with Gasteiger partial charge >= 0.3 is 12.1 Å². The third-order valence-electron chi connectivity index (χ3n) is 2.28. The van der Waals surface area contributed by atoms with Crippen LogP contribution >= 0.6 is 15.9 Å². The number of aromatic nitrogens is 3. The summed E-state index contributed by atoms with van der Waals surface area (Å²) in [6, 6.07) is 1.60. The minimum Gasteiger partial charge on any atom is -0.477 e. The predicted molar refractivity (Wildman–Crippen MR) is 77.5 cm³/mol. The van der Waals surface area contributed by atoms with Gasteiger partial charge in [0.05, 0.1) is 0 Å². The lowest BCUT2D eigenvalue weighted by Crippen LogP contribution is -2.27. The molecule has 2 aromatic rings. The number of halogens is 1. The SMILES string of the molecule is CC(C)(C)OC(=O)Nc1nn2ccc(Br)nc2c1C(=O)O. The van der Waals surface area contributed by atoms with Crippen molar-refractivity contribution in [3.63, 3.8) is 0 Å². The van der Waals surface area contributed by atoms with Crippen LogP contribution in [0.25, 0.3) is 5.65 Å². The summed E-state index contributed by atoms with van der Waals surface area (Å²) in [5.74, 6) is -1.37. The van der Waals surface area contributed by atoms with E-state index in [0.717, 1.165) is 0 Å². The molecule has 0 aliphatic heterocycles. The smallest absolute Gasteiger partial charge is 0.413 e. The summed E-state index contributed by atoms with van der Waals surface area (Å²) in [7, 11) is 0. The number of hydrogen-bond acceptors (Lipinski definition) is 5. The van der Waals surface area contributed by atoms with E-state index in [2.05, 4.69) is 31.3 Å². The van der Waals surface area contributed by atoms with Gasteiger partial charge in [0.25, 0.3) is 0 Å². The number of carbonyl (C=O) groups is 2. The molecule has 9 heteroatoms. The maximum absolute atomic E-state index is 11.7. The maximum Gasteiger partial charge on any atom is 0.413 e. The van der Waals surface area contributed by atoms with Crippen LogP contribution in [0.3, 0.4) is 0 Å². The van der Waals surface area contributed by atoms with Crippen LogP contribution in [0.2, 0.25) is 0 Å². The van der Waals surface area contributed by atoms with E-state index in [0.29, 0.717) is 4.60 Å². The number of carbonyl (C=O) groups excluding carboxylic acids is 1. The van der Waals surface area contributed by atoms with Crippen LogP contribution in [-0.2, 0) is 4.74 Å². The Morgan fingerprint density at radius 2 is 2.10 bits per heavy atom. The van der Waals surface area contributed by atoms with Gasteiger partial charge < -0.3 is 9.84 Å². The van der Waals surface area contributed by atoms with E-state index in [1.54, 1.807) is 26.8 Å². The third kappa shape index (κ3) is 3.48. The van der Waals surface area contributed by atoms with Crippen molar-refractivity contribution in [3.8, 4) is 0 Å². The Morgan fingerprint density at radius 3 is 2.67 bits per heavy atom. The van der Waals surface area contributed by atoms with Gasteiger partial charge in [0.15, 0.2) is 11.5 Å². The van der Waals surface area contributed by atoms with Crippen molar-refractivity contribution in [3.05, 3.63) is 22.4 Å². The van der Waals surface area contributed by atoms with Crippen molar-refractivity contribution in [2.45, 2.75) is 26.4 Å². The van der Waals surface area contributed by atoms with Gasteiger partial charge in [-0.25, -0.2) is 19.1 Å². The molecule has 2 N–H and O–H groups in total. The van der Waals surface area contributed by atoms with E-state index >= 15 is 0 Å². The molecule has 2 heterocycles. The second-order valence-corrected chi connectivity index (χ2v) is 5.99. The van der Waals surface area contributed by atoms with Crippen LogP contribution in [0.15, 0.2) is 16.9 Å². The molecule has 0 saturated heterocycles. The topological polar surface area (TPSA) is 106 Å². The summed E-state index contributed by atoms with van der Waals surface area (Å²) in [5.41, 5.74) is -0.793. The fourth-order valence-electron chi connectivity index (χ4n) is 1.59. The number of amides is 1. The van der Waals surface area contributed by atoms with Crippen molar-refractivity contribution >= 4 is 39.5 Å².